The summed E-state index contributed by atoms with van der Waals surface area (Å²) in [5.41, 5.74) is 1.04. The zero-order valence-electron chi connectivity index (χ0n) is 17.5. The van der Waals surface area contributed by atoms with E-state index in [1.54, 1.807) is 24.3 Å². The van der Waals surface area contributed by atoms with Gasteiger partial charge in [0.25, 0.3) is 0 Å². The maximum atomic E-state index is 13.6. The molecule has 3 aliphatic rings. The van der Waals surface area contributed by atoms with E-state index < -0.39 is 23.4 Å². The topological polar surface area (TPSA) is 98.7 Å². The fourth-order valence-electron chi connectivity index (χ4n) is 5.46. The predicted molar refractivity (Wildman–Crippen MR) is 114 cm³/mol. The maximum absolute atomic E-state index is 13.6. The van der Waals surface area contributed by atoms with Crippen molar-refractivity contribution in [3.63, 3.8) is 0 Å². The van der Waals surface area contributed by atoms with Gasteiger partial charge in [0.1, 0.15) is 11.3 Å². The number of hydrogen-bond donors (Lipinski definition) is 3. The molecule has 2 aromatic carbocycles. The van der Waals surface area contributed by atoms with Crippen LogP contribution in [0.15, 0.2) is 48.5 Å². The van der Waals surface area contributed by atoms with Gasteiger partial charge in [-0.25, -0.2) is 0 Å². The maximum Gasteiger partial charge on any atom is 0.250 e. The largest absolute Gasteiger partial charge is 0.508 e. The lowest BCUT2D eigenvalue weighted by atomic mass is 9.76. The van der Waals surface area contributed by atoms with Gasteiger partial charge in [-0.3, -0.25) is 24.6 Å². The van der Waals surface area contributed by atoms with Gasteiger partial charge in [0.15, 0.2) is 0 Å². The zero-order chi connectivity index (χ0) is 21.9. The standard InChI is InChI=1S/C24H25N3O4/c1-3-13(2)27-21(29)19-18(12-14-8-10-15(28)11-9-14)26-24(20(19)22(27)30)16-6-4-5-7-17(16)25-23(24)31/h4-11,13,18-20,26,28H,3,12H2,1-2H3,(H,25,31)/t13?,18?,19-,20+,24?/m1/s1. The normalized spacial score (nSPS) is 29.9. The quantitative estimate of drug-likeness (QED) is 0.660. The molecule has 1 spiro atoms. The highest BCUT2D eigenvalue weighted by atomic mass is 16.3. The van der Waals surface area contributed by atoms with Crippen LogP contribution in [0.2, 0.25) is 0 Å². The second-order valence-electron chi connectivity index (χ2n) is 8.74. The van der Waals surface area contributed by atoms with Crippen LogP contribution in [-0.4, -0.2) is 39.8 Å². The Morgan fingerprint density at radius 3 is 2.48 bits per heavy atom. The fraction of sp³-hybridized carbons (Fsp3) is 0.375. The van der Waals surface area contributed by atoms with Crippen LogP contribution >= 0.6 is 0 Å². The lowest BCUT2D eigenvalue weighted by Gasteiger charge is -2.31. The van der Waals surface area contributed by atoms with E-state index in [9.17, 15) is 19.5 Å². The molecule has 3 N–H and O–H groups in total. The molecule has 3 aliphatic heterocycles. The van der Waals surface area contributed by atoms with Crippen molar-refractivity contribution in [2.45, 2.75) is 44.3 Å². The van der Waals surface area contributed by atoms with Crippen molar-refractivity contribution in [1.82, 2.24) is 10.2 Å². The molecule has 2 saturated heterocycles. The van der Waals surface area contributed by atoms with Gasteiger partial charge in [0.05, 0.1) is 11.8 Å². The molecule has 5 atom stereocenters. The smallest absolute Gasteiger partial charge is 0.250 e. The van der Waals surface area contributed by atoms with Crippen LogP contribution < -0.4 is 10.6 Å². The van der Waals surface area contributed by atoms with Crippen molar-refractivity contribution >= 4 is 23.4 Å². The molecule has 0 bridgehead atoms. The highest BCUT2D eigenvalue weighted by molar-refractivity contribution is 6.15. The highest BCUT2D eigenvalue weighted by Crippen LogP contribution is 2.53. The first-order chi connectivity index (χ1) is 14.9. The van der Waals surface area contributed by atoms with Crippen molar-refractivity contribution in [1.29, 1.82) is 0 Å². The van der Waals surface area contributed by atoms with Crippen LogP contribution in [0.25, 0.3) is 0 Å². The number of rotatable bonds is 4. The number of fused-ring (bicyclic) bond motifs is 4. The summed E-state index contributed by atoms with van der Waals surface area (Å²) in [6.07, 6.45) is 1.12. The number of carbonyl (C=O) groups is 3. The van der Waals surface area contributed by atoms with Crippen LogP contribution in [0.1, 0.15) is 31.4 Å². The number of aromatic hydroxyl groups is 1. The molecule has 7 nitrogen and oxygen atoms in total. The van der Waals surface area contributed by atoms with Crippen LogP contribution in [0.3, 0.4) is 0 Å². The van der Waals surface area contributed by atoms with Crippen molar-refractivity contribution in [2.24, 2.45) is 11.8 Å². The monoisotopic (exact) mass is 419 g/mol. The van der Waals surface area contributed by atoms with Gasteiger partial charge in [-0.15, -0.1) is 0 Å². The molecule has 0 saturated carbocycles. The molecule has 160 valence electrons. The lowest BCUT2D eigenvalue weighted by Crippen LogP contribution is -2.54. The molecule has 5 rings (SSSR count). The van der Waals surface area contributed by atoms with Crippen LogP contribution in [0.5, 0.6) is 5.75 Å². The first-order valence-electron chi connectivity index (χ1n) is 10.7. The number of imide groups is 1. The lowest BCUT2D eigenvalue weighted by molar-refractivity contribution is -0.145. The highest BCUT2D eigenvalue weighted by Gasteiger charge is 2.70. The number of anilines is 1. The van der Waals surface area contributed by atoms with Crippen molar-refractivity contribution in [3.05, 3.63) is 59.7 Å². The second kappa shape index (κ2) is 6.92. The number of phenols is 1. The first-order valence-corrected chi connectivity index (χ1v) is 10.7. The first kappa shape index (κ1) is 19.8. The Bertz CT molecular complexity index is 1080. The minimum Gasteiger partial charge on any atom is -0.508 e. The summed E-state index contributed by atoms with van der Waals surface area (Å²) < 4.78 is 0. The van der Waals surface area contributed by atoms with E-state index in [1.165, 1.54) is 4.90 Å². The Kier molecular flexibility index (Phi) is 4.41. The van der Waals surface area contributed by atoms with E-state index in [4.69, 9.17) is 0 Å². The van der Waals surface area contributed by atoms with Crippen molar-refractivity contribution < 1.29 is 19.5 Å². The molecule has 31 heavy (non-hydrogen) atoms. The molecule has 7 heteroatoms. The SMILES string of the molecule is CCC(C)N1C(=O)[C@@H]2C(Cc3ccc(O)cc3)NC3(C(=O)Nc4ccccc43)[C@@H]2C1=O. The number of benzene rings is 2. The summed E-state index contributed by atoms with van der Waals surface area (Å²) in [7, 11) is 0. The van der Waals surface area contributed by atoms with Gasteiger partial charge in [-0.05, 0) is 43.5 Å². The van der Waals surface area contributed by atoms with Crippen LogP contribution in [0.4, 0.5) is 5.69 Å². The number of amides is 3. The van der Waals surface area contributed by atoms with Crippen molar-refractivity contribution in [3.8, 4) is 5.75 Å². The molecule has 0 radical (unpaired) electrons. The molecular weight excluding hydrogens is 394 g/mol. The number of hydrogen-bond acceptors (Lipinski definition) is 5. The molecule has 0 aromatic heterocycles. The Morgan fingerprint density at radius 2 is 1.77 bits per heavy atom. The van der Waals surface area contributed by atoms with E-state index in [-0.39, 0.29) is 29.5 Å². The zero-order valence-corrected chi connectivity index (χ0v) is 17.5. The van der Waals surface area contributed by atoms with Gasteiger partial charge >= 0.3 is 0 Å². The van der Waals surface area contributed by atoms with Crippen LogP contribution in [-0.2, 0) is 26.3 Å². The van der Waals surface area contributed by atoms with E-state index in [1.807, 2.05) is 38.1 Å². The van der Waals surface area contributed by atoms with E-state index in [0.29, 0.717) is 18.5 Å². The summed E-state index contributed by atoms with van der Waals surface area (Å²) in [4.78, 5) is 41.8. The van der Waals surface area contributed by atoms with Gasteiger partial charge in [-0.2, -0.15) is 0 Å². The van der Waals surface area contributed by atoms with Crippen molar-refractivity contribution in [2.75, 3.05) is 5.32 Å². The summed E-state index contributed by atoms with van der Waals surface area (Å²) in [5.74, 6) is -2.04. The minimum absolute atomic E-state index is 0.164. The van der Waals surface area contributed by atoms with Gasteiger partial charge < -0.3 is 10.4 Å². The van der Waals surface area contributed by atoms with Gasteiger partial charge in [0.2, 0.25) is 17.7 Å². The molecule has 0 aliphatic carbocycles. The van der Waals surface area contributed by atoms with E-state index in [0.717, 1.165) is 11.1 Å². The summed E-state index contributed by atoms with van der Waals surface area (Å²) in [6, 6.07) is 13.5. The Labute approximate surface area is 180 Å². The number of carbonyl (C=O) groups excluding carboxylic acids is 3. The third kappa shape index (κ3) is 2.66. The Hall–Kier alpha value is -3.19. The average Bonchev–Trinajstić information content (AvgIpc) is 3.34. The summed E-state index contributed by atoms with van der Waals surface area (Å²) >= 11 is 0. The third-order valence-electron chi connectivity index (χ3n) is 7.08. The van der Waals surface area contributed by atoms with E-state index >= 15 is 0 Å². The fourth-order valence-corrected chi connectivity index (χ4v) is 5.46. The Morgan fingerprint density at radius 1 is 1.06 bits per heavy atom. The number of para-hydroxylation sites is 1. The van der Waals surface area contributed by atoms with Gasteiger partial charge in [-0.1, -0.05) is 37.3 Å². The molecular formula is C24H25N3O4. The third-order valence-corrected chi connectivity index (χ3v) is 7.08. The molecule has 3 heterocycles. The van der Waals surface area contributed by atoms with Gasteiger partial charge in [0, 0.05) is 23.3 Å². The molecule has 2 fully saturated rings. The van der Waals surface area contributed by atoms with E-state index in [2.05, 4.69) is 10.6 Å². The molecule has 3 unspecified atom stereocenters. The second-order valence-corrected chi connectivity index (χ2v) is 8.74. The number of nitrogens with zero attached hydrogens (tertiary/aromatic N) is 1. The number of phenolic OH excluding ortho intramolecular Hbond substituents is 1. The number of nitrogens with one attached hydrogen (secondary N) is 2. The summed E-state index contributed by atoms with van der Waals surface area (Å²) in [6.45, 7) is 3.81. The predicted octanol–water partition coefficient (Wildman–Crippen LogP) is 2.15. The number of likely N-dealkylation sites (tertiary alicyclic amines) is 1. The van der Waals surface area contributed by atoms with Crippen LogP contribution in [0, 0.1) is 11.8 Å². The Balaban J connectivity index is 1.62. The average molecular weight is 419 g/mol. The molecule has 2 aromatic rings. The minimum atomic E-state index is -1.27. The molecule has 3 amide bonds. The summed E-state index contributed by atoms with van der Waals surface area (Å²) in [5, 5.41) is 15.9.